The summed E-state index contributed by atoms with van der Waals surface area (Å²) in [6.07, 6.45) is 0.798. The Morgan fingerprint density at radius 2 is 2.00 bits per heavy atom. The fraction of sp³-hybridized carbons (Fsp3) is 0.158. The number of rotatable bonds is 2. The number of fused-ring (bicyclic) bond motifs is 2. The molecular weight excluding hydrogens is 324 g/mol. The van der Waals surface area contributed by atoms with Gasteiger partial charge in [-0.2, -0.15) is 0 Å². The molecule has 24 heavy (non-hydrogen) atoms. The Bertz CT molecular complexity index is 938. The van der Waals surface area contributed by atoms with Crippen LogP contribution in [0.4, 0.5) is 5.82 Å². The maximum atomic E-state index is 12.8. The number of aromatic nitrogens is 1. The van der Waals surface area contributed by atoms with Gasteiger partial charge in [0.15, 0.2) is 0 Å². The molecule has 1 aliphatic heterocycles. The van der Waals surface area contributed by atoms with Crippen molar-refractivity contribution in [1.82, 2.24) is 4.98 Å². The van der Waals surface area contributed by atoms with Crippen molar-refractivity contribution in [3.8, 4) is 5.75 Å². The number of carbonyl (C=O) groups is 1. The molecule has 0 saturated carbocycles. The van der Waals surface area contributed by atoms with Crippen LogP contribution in [0.5, 0.6) is 5.75 Å². The first-order valence-corrected chi connectivity index (χ1v) is 8.09. The van der Waals surface area contributed by atoms with Gasteiger partial charge in [0.05, 0.1) is 17.6 Å². The van der Waals surface area contributed by atoms with Crippen molar-refractivity contribution >= 4 is 34.2 Å². The zero-order chi connectivity index (χ0) is 16.7. The van der Waals surface area contributed by atoms with Gasteiger partial charge in [-0.3, -0.25) is 9.69 Å². The van der Waals surface area contributed by atoms with Crippen molar-refractivity contribution in [2.75, 3.05) is 18.6 Å². The van der Waals surface area contributed by atoms with E-state index in [1.807, 2.05) is 18.2 Å². The summed E-state index contributed by atoms with van der Waals surface area (Å²) in [6.45, 7) is 0.626. The van der Waals surface area contributed by atoms with Crippen LogP contribution in [0.25, 0.3) is 10.9 Å². The van der Waals surface area contributed by atoms with E-state index in [2.05, 4.69) is 11.1 Å². The van der Waals surface area contributed by atoms with E-state index in [1.54, 1.807) is 36.3 Å². The molecule has 120 valence electrons. The van der Waals surface area contributed by atoms with Crippen molar-refractivity contribution in [1.29, 1.82) is 0 Å². The molecule has 0 bridgehead atoms. The zero-order valence-corrected chi connectivity index (χ0v) is 13.9. The number of amides is 1. The molecule has 0 spiro atoms. The molecule has 0 radical (unpaired) electrons. The lowest BCUT2D eigenvalue weighted by atomic mass is 10.1. The third kappa shape index (κ3) is 2.39. The molecule has 0 fully saturated rings. The average Bonchev–Trinajstić information content (AvgIpc) is 3.03. The maximum absolute atomic E-state index is 12.8. The smallest absolute Gasteiger partial charge is 0.259 e. The monoisotopic (exact) mass is 338 g/mol. The van der Waals surface area contributed by atoms with Gasteiger partial charge in [-0.1, -0.05) is 23.7 Å². The molecule has 4 nitrogen and oxygen atoms in total. The number of ether oxygens (including phenoxy) is 1. The van der Waals surface area contributed by atoms with Crippen LogP contribution >= 0.6 is 11.6 Å². The highest BCUT2D eigenvalue weighted by molar-refractivity contribution is 6.35. The summed E-state index contributed by atoms with van der Waals surface area (Å²) >= 11 is 6.26. The largest absolute Gasteiger partial charge is 0.497 e. The predicted octanol–water partition coefficient (Wildman–Crippen LogP) is 4.10. The van der Waals surface area contributed by atoms with Crippen LogP contribution in [0.2, 0.25) is 5.02 Å². The summed E-state index contributed by atoms with van der Waals surface area (Å²) in [5, 5.41) is 1.60. The van der Waals surface area contributed by atoms with Crippen molar-refractivity contribution < 1.29 is 9.53 Å². The Morgan fingerprint density at radius 1 is 1.21 bits per heavy atom. The summed E-state index contributed by atoms with van der Waals surface area (Å²) in [4.78, 5) is 19.2. The molecule has 1 aromatic heterocycles. The third-order valence-corrected chi connectivity index (χ3v) is 4.60. The normalized spacial score (nSPS) is 13.2. The van der Waals surface area contributed by atoms with Crippen LogP contribution < -0.4 is 9.64 Å². The molecule has 2 heterocycles. The predicted molar refractivity (Wildman–Crippen MR) is 95.1 cm³/mol. The number of benzene rings is 2. The molecule has 1 amide bonds. The molecule has 3 aromatic rings. The van der Waals surface area contributed by atoms with E-state index in [9.17, 15) is 4.79 Å². The van der Waals surface area contributed by atoms with Gasteiger partial charge in [0, 0.05) is 17.5 Å². The highest BCUT2D eigenvalue weighted by Crippen LogP contribution is 2.33. The molecule has 2 aromatic carbocycles. The molecule has 5 heteroatoms. The van der Waals surface area contributed by atoms with Crippen molar-refractivity contribution in [2.45, 2.75) is 6.42 Å². The van der Waals surface area contributed by atoms with Crippen molar-refractivity contribution in [3.63, 3.8) is 0 Å². The second-order valence-corrected chi connectivity index (χ2v) is 6.13. The van der Waals surface area contributed by atoms with Crippen LogP contribution in [0.15, 0.2) is 48.5 Å². The average molecular weight is 339 g/mol. The van der Waals surface area contributed by atoms with Gasteiger partial charge in [0.25, 0.3) is 5.91 Å². The molecule has 0 unspecified atom stereocenters. The highest BCUT2D eigenvalue weighted by atomic mass is 35.5. The quantitative estimate of drug-likeness (QED) is 0.706. The minimum Gasteiger partial charge on any atom is -0.497 e. The Balaban J connectivity index is 1.74. The number of pyridine rings is 1. The molecule has 0 saturated heterocycles. The van der Waals surface area contributed by atoms with Crippen LogP contribution in [0.3, 0.4) is 0 Å². The summed E-state index contributed by atoms with van der Waals surface area (Å²) in [7, 11) is 1.60. The molecule has 4 rings (SSSR count). The number of nitrogens with zero attached hydrogens (tertiary/aromatic N) is 2. The molecule has 0 atom stereocenters. The van der Waals surface area contributed by atoms with Gasteiger partial charge >= 0.3 is 0 Å². The Morgan fingerprint density at radius 3 is 2.75 bits per heavy atom. The number of hydrogen-bond acceptors (Lipinski definition) is 3. The molecule has 1 aliphatic rings. The fourth-order valence-corrected chi connectivity index (χ4v) is 3.26. The van der Waals surface area contributed by atoms with E-state index in [-0.39, 0.29) is 5.91 Å². The summed E-state index contributed by atoms with van der Waals surface area (Å²) < 4.78 is 5.14. The van der Waals surface area contributed by atoms with E-state index in [0.717, 1.165) is 28.6 Å². The van der Waals surface area contributed by atoms with Crippen molar-refractivity contribution in [2.24, 2.45) is 0 Å². The van der Waals surface area contributed by atoms with Crippen LogP contribution in [0.1, 0.15) is 15.9 Å². The highest BCUT2D eigenvalue weighted by Gasteiger charge is 2.27. The van der Waals surface area contributed by atoms with Crippen LogP contribution in [-0.4, -0.2) is 24.5 Å². The van der Waals surface area contributed by atoms with Gasteiger partial charge < -0.3 is 4.74 Å². The van der Waals surface area contributed by atoms with E-state index in [4.69, 9.17) is 16.3 Å². The Labute approximate surface area is 144 Å². The minimum atomic E-state index is -0.0599. The number of hydrogen-bond donors (Lipinski definition) is 0. The van der Waals surface area contributed by atoms with E-state index < -0.39 is 0 Å². The standard InChI is InChI=1S/C19H15ClN2O2/c1-24-15-7-5-12(6-8-15)19(23)22-10-9-14-11-13-3-2-4-16(20)17(13)21-18(14)22/h2-8,11H,9-10H2,1H3. The molecule has 0 N–H and O–H groups in total. The summed E-state index contributed by atoms with van der Waals surface area (Å²) in [6, 6.07) is 14.9. The number of anilines is 1. The molecule has 0 aliphatic carbocycles. The number of methoxy groups -OCH3 is 1. The third-order valence-electron chi connectivity index (χ3n) is 4.30. The lowest BCUT2D eigenvalue weighted by Gasteiger charge is -2.17. The van der Waals surface area contributed by atoms with Gasteiger partial charge in [0.1, 0.15) is 11.6 Å². The van der Waals surface area contributed by atoms with Crippen LogP contribution in [-0.2, 0) is 6.42 Å². The Hall–Kier alpha value is -2.59. The topological polar surface area (TPSA) is 42.4 Å². The molecular formula is C19H15ClN2O2. The first-order valence-electron chi connectivity index (χ1n) is 7.71. The second-order valence-electron chi connectivity index (χ2n) is 5.72. The van der Waals surface area contributed by atoms with Gasteiger partial charge in [-0.25, -0.2) is 4.98 Å². The van der Waals surface area contributed by atoms with Gasteiger partial charge in [-0.05, 0) is 48.4 Å². The van der Waals surface area contributed by atoms with E-state index >= 15 is 0 Å². The number of para-hydroxylation sites is 1. The summed E-state index contributed by atoms with van der Waals surface area (Å²) in [5.41, 5.74) is 2.42. The summed E-state index contributed by atoms with van der Waals surface area (Å²) in [5.74, 6) is 1.37. The van der Waals surface area contributed by atoms with E-state index in [0.29, 0.717) is 22.9 Å². The second kappa shape index (κ2) is 5.80. The van der Waals surface area contributed by atoms with Crippen LogP contribution in [0, 0.1) is 0 Å². The zero-order valence-electron chi connectivity index (χ0n) is 13.1. The maximum Gasteiger partial charge on any atom is 0.259 e. The number of carbonyl (C=O) groups excluding carboxylic acids is 1. The number of halogens is 1. The van der Waals surface area contributed by atoms with Crippen molar-refractivity contribution in [3.05, 3.63) is 64.7 Å². The van der Waals surface area contributed by atoms with Gasteiger partial charge in [0.2, 0.25) is 0 Å². The lowest BCUT2D eigenvalue weighted by Crippen LogP contribution is -2.29. The first-order chi connectivity index (χ1) is 11.7. The van der Waals surface area contributed by atoms with Gasteiger partial charge in [-0.15, -0.1) is 0 Å². The Kier molecular flexibility index (Phi) is 3.62. The lowest BCUT2D eigenvalue weighted by molar-refractivity contribution is 0.0988. The minimum absolute atomic E-state index is 0.0599. The van der Waals surface area contributed by atoms with E-state index in [1.165, 1.54) is 0 Å². The fourth-order valence-electron chi connectivity index (χ4n) is 3.04. The SMILES string of the molecule is COc1ccc(C(=O)N2CCc3cc4cccc(Cl)c4nc32)cc1. The first kappa shape index (κ1) is 15.0.